The maximum absolute atomic E-state index is 3.51. The van der Waals surface area contributed by atoms with Gasteiger partial charge in [-0.2, -0.15) is 0 Å². The molecule has 0 amide bonds. The number of benzene rings is 2. The molecule has 3 rings (SSSR count). The lowest BCUT2D eigenvalue weighted by Crippen LogP contribution is -2.17. The minimum Gasteiger partial charge on any atom is -0.384 e. The Labute approximate surface area is 127 Å². The van der Waals surface area contributed by atoms with Crippen LogP contribution in [0.25, 0.3) is 0 Å². The van der Waals surface area contributed by atoms with Crippen LogP contribution < -0.4 is 5.32 Å². The van der Waals surface area contributed by atoms with E-state index in [1.807, 2.05) is 0 Å². The third kappa shape index (κ3) is 3.33. The minimum atomic E-state index is 0. The van der Waals surface area contributed by atoms with Gasteiger partial charge in [-0.1, -0.05) is 48.5 Å². The molecular formula is C17H21ClN2. The highest BCUT2D eigenvalue weighted by Crippen LogP contribution is 2.27. The molecule has 2 aromatic carbocycles. The van der Waals surface area contributed by atoms with Crippen molar-refractivity contribution in [3.8, 4) is 0 Å². The summed E-state index contributed by atoms with van der Waals surface area (Å²) in [5, 5.41) is 3.51. The Morgan fingerprint density at radius 1 is 1.00 bits per heavy atom. The molecular weight excluding hydrogens is 268 g/mol. The van der Waals surface area contributed by atoms with E-state index in [1.54, 1.807) is 0 Å². The van der Waals surface area contributed by atoms with Crippen molar-refractivity contribution in [1.29, 1.82) is 0 Å². The molecule has 2 aromatic rings. The SMILES string of the molecule is CN(Cc1ccccc1)Cc1cccc2c1NCC2.Cl. The quantitative estimate of drug-likeness (QED) is 0.923. The van der Waals surface area contributed by atoms with E-state index in [4.69, 9.17) is 0 Å². The molecule has 20 heavy (non-hydrogen) atoms. The summed E-state index contributed by atoms with van der Waals surface area (Å²) in [6.07, 6.45) is 1.16. The van der Waals surface area contributed by atoms with Crippen LogP contribution in [0, 0.1) is 0 Å². The summed E-state index contributed by atoms with van der Waals surface area (Å²) < 4.78 is 0. The van der Waals surface area contributed by atoms with Crippen LogP contribution in [-0.4, -0.2) is 18.5 Å². The molecule has 0 saturated carbocycles. The number of nitrogens with zero attached hydrogens (tertiary/aromatic N) is 1. The first-order valence-electron chi connectivity index (χ1n) is 6.90. The third-order valence-corrected chi connectivity index (χ3v) is 3.67. The van der Waals surface area contributed by atoms with Gasteiger partial charge in [0.05, 0.1) is 0 Å². The van der Waals surface area contributed by atoms with Gasteiger partial charge in [-0.25, -0.2) is 0 Å². The van der Waals surface area contributed by atoms with E-state index in [0.29, 0.717) is 0 Å². The van der Waals surface area contributed by atoms with Gasteiger partial charge < -0.3 is 5.32 Å². The first-order valence-corrected chi connectivity index (χ1v) is 6.90. The van der Waals surface area contributed by atoms with Gasteiger partial charge in [0.25, 0.3) is 0 Å². The summed E-state index contributed by atoms with van der Waals surface area (Å²) in [4.78, 5) is 2.37. The third-order valence-electron chi connectivity index (χ3n) is 3.67. The van der Waals surface area contributed by atoms with Gasteiger partial charge in [0.15, 0.2) is 0 Å². The Hall–Kier alpha value is -1.51. The zero-order valence-electron chi connectivity index (χ0n) is 11.8. The van der Waals surface area contributed by atoms with E-state index in [0.717, 1.165) is 26.1 Å². The van der Waals surface area contributed by atoms with Crippen LogP contribution in [0.1, 0.15) is 16.7 Å². The van der Waals surface area contributed by atoms with Crippen molar-refractivity contribution in [2.75, 3.05) is 18.9 Å². The summed E-state index contributed by atoms with van der Waals surface area (Å²) in [5.74, 6) is 0. The van der Waals surface area contributed by atoms with Crippen LogP contribution in [0.3, 0.4) is 0 Å². The standard InChI is InChI=1S/C17H20N2.ClH/c1-19(12-14-6-3-2-4-7-14)13-16-9-5-8-15-10-11-18-17(15)16;/h2-9,18H,10-13H2,1H3;1H. The number of nitrogens with one attached hydrogen (secondary N) is 1. The number of hydrogen-bond donors (Lipinski definition) is 1. The fourth-order valence-electron chi connectivity index (χ4n) is 2.78. The van der Waals surface area contributed by atoms with Gasteiger partial charge >= 0.3 is 0 Å². The monoisotopic (exact) mass is 288 g/mol. The first kappa shape index (κ1) is 14.9. The van der Waals surface area contributed by atoms with Crippen molar-refractivity contribution >= 4 is 18.1 Å². The lowest BCUT2D eigenvalue weighted by molar-refractivity contribution is 0.319. The molecule has 1 aliphatic heterocycles. The minimum absolute atomic E-state index is 0. The van der Waals surface area contributed by atoms with E-state index < -0.39 is 0 Å². The summed E-state index contributed by atoms with van der Waals surface area (Å²) in [7, 11) is 2.18. The molecule has 0 spiro atoms. The maximum Gasteiger partial charge on any atom is 0.0419 e. The van der Waals surface area contributed by atoms with Crippen molar-refractivity contribution < 1.29 is 0 Å². The molecule has 0 aliphatic carbocycles. The van der Waals surface area contributed by atoms with Crippen molar-refractivity contribution in [3.63, 3.8) is 0 Å². The molecule has 106 valence electrons. The molecule has 2 nitrogen and oxygen atoms in total. The molecule has 0 atom stereocenters. The van der Waals surface area contributed by atoms with E-state index in [1.165, 1.54) is 22.4 Å². The van der Waals surface area contributed by atoms with E-state index in [-0.39, 0.29) is 12.4 Å². The molecule has 0 bridgehead atoms. The summed E-state index contributed by atoms with van der Waals surface area (Å²) >= 11 is 0. The van der Waals surface area contributed by atoms with Gasteiger partial charge in [0.1, 0.15) is 0 Å². The van der Waals surface area contributed by atoms with Gasteiger partial charge in [-0.3, -0.25) is 4.90 Å². The zero-order chi connectivity index (χ0) is 13.1. The fourth-order valence-corrected chi connectivity index (χ4v) is 2.78. The predicted octanol–water partition coefficient (Wildman–Crippen LogP) is 3.71. The van der Waals surface area contributed by atoms with Gasteiger partial charge in [-0.15, -0.1) is 12.4 Å². The Morgan fingerprint density at radius 3 is 2.60 bits per heavy atom. The molecule has 1 aliphatic rings. The van der Waals surface area contributed by atoms with Crippen LogP contribution >= 0.6 is 12.4 Å². The van der Waals surface area contributed by atoms with E-state index in [2.05, 4.69) is 65.8 Å². The maximum atomic E-state index is 3.51. The number of anilines is 1. The summed E-state index contributed by atoms with van der Waals surface area (Å²) in [6.45, 7) is 3.06. The predicted molar refractivity (Wildman–Crippen MR) is 87.5 cm³/mol. The molecule has 0 fully saturated rings. The molecule has 0 saturated heterocycles. The highest BCUT2D eigenvalue weighted by atomic mass is 35.5. The Balaban J connectivity index is 0.00000147. The summed E-state index contributed by atoms with van der Waals surface area (Å²) in [6, 6.07) is 17.3. The van der Waals surface area contributed by atoms with Crippen LogP contribution in [0.15, 0.2) is 48.5 Å². The molecule has 1 heterocycles. The fraction of sp³-hybridized carbons (Fsp3) is 0.294. The van der Waals surface area contributed by atoms with Crippen LogP contribution in [0.4, 0.5) is 5.69 Å². The topological polar surface area (TPSA) is 15.3 Å². The second-order valence-electron chi connectivity index (χ2n) is 5.29. The van der Waals surface area contributed by atoms with Crippen LogP contribution in [0.2, 0.25) is 0 Å². The largest absolute Gasteiger partial charge is 0.384 e. The second-order valence-corrected chi connectivity index (χ2v) is 5.29. The number of fused-ring (bicyclic) bond motifs is 1. The number of halogens is 1. The van der Waals surface area contributed by atoms with Crippen LogP contribution in [0.5, 0.6) is 0 Å². The average Bonchev–Trinajstić information content (AvgIpc) is 2.89. The van der Waals surface area contributed by atoms with Gasteiger partial charge in [0.2, 0.25) is 0 Å². The lowest BCUT2D eigenvalue weighted by atomic mass is 10.1. The highest BCUT2D eigenvalue weighted by Gasteiger charge is 2.14. The molecule has 3 heteroatoms. The molecule has 0 unspecified atom stereocenters. The summed E-state index contributed by atoms with van der Waals surface area (Å²) in [5.41, 5.74) is 5.60. The number of para-hydroxylation sites is 1. The Bertz CT molecular complexity index is 554. The molecule has 1 N–H and O–H groups in total. The zero-order valence-corrected chi connectivity index (χ0v) is 12.6. The first-order chi connectivity index (χ1) is 9.33. The smallest absolute Gasteiger partial charge is 0.0419 e. The van der Waals surface area contributed by atoms with E-state index >= 15 is 0 Å². The molecule has 0 aromatic heterocycles. The van der Waals surface area contributed by atoms with Crippen LogP contribution in [-0.2, 0) is 19.5 Å². The Morgan fingerprint density at radius 2 is 1.80 bits per heavy atom. The van der Waals surface area contributed by atoms with Crippen molar-refractivity contribution in [2.45, 2.75) is 19.5 Å². The number of rotatable bonds is 4. The van der Waals surface area contributed by atoms with Crippen molar-refractivity contribution in [2.24, 2.45) is 0 Å². The van der Waals surface area contributed by atoms with E-state index in [9.17, 15) is 0 Å². The number of hydrogen-bond acceptors (Lipinski definition) is 2. The normalized spacial score (nSPS) is 12.7. The lowest BCUT2D eigenvalue weighted by Gasteiger charge is -2.19. The Kier molecular flexibility index (Phi) is 5.05. The van der Waals surface area contributed by atoms with Gasteiger partial charge in [-0.05, 0) is 30.2 Å². The second kappa shape index (κ2) is 6.78. The van der Waals surface area contributed by atoms with Gasteiger partial charge in [0, 0.05) is 25.3 Å². The van der Waals surface area contributed by atoms with Crippen molar-refractivity contribution in [3.05, 3.63) is 65.2 Å². The van der Waals surface area contributed by atoms with Crippen molar-refractivity contribution in [1.82, 2.24) is 4.90 Å². The average molecular weight is 289 g/mol. The molecule has 0 radical (unpaired) electrons. The highest BCUT2D eigenvalue weighted by molar-refractivity contribution is 5.85.